The van der Waals surface area contributed by atoms with E-state index in [-0.39, 0.29) is 0 Å². The molecule has 0 aliphatic carbocycles. The van der Waals surface area contributed by atoms with Crippen LogP contribution in [0.2, 0.25) is 0 Å². The summed E-state index contributed by atoms with van der Waals surface area (Å²) in [5.41, 5.74) is 1.35. The van der Waals surface area contributed by atoms with E-state index in [1.807, 2.05) is 0 Å². The summed E-state index contributed by atoms with van der Waals surface area (Å²) in [6, 6.07) is 8.96. The summed E-state index contributed by atoms with van der Waals surface area (Å²) in [5, 5.41) is 3.55. The Bertz CT molecular complexity index is 281. The molecule has 0 heterocycles. The summed E-state index contributed by atoms with van der Waals surface area (Å²) >= 11 is 3.45. The Balaban J connectivity index is 2.46. The first-order chi connectivity index (χ1) is 7.13. The molecule has 15 heavy (non-hydrogen) atoms. The number of nitrogens with one attached hydrogen (secondary N) is 1. The molecule has 1 nitrogen and oxygen atoms in total. The molecule has 2 atom stereocenters. The Morgan fingerprint density at radius 3 is 2.33 bits per heavy atom. The SMILES string of the molecule is CCC(C)CN[C@@H](C)c1ccc(Br)cc1. The number of benzene rings is 1. The summed E-state index contributed by atoms with van der Waals surface area (Å²) in [6.07, 6.45) is 1.24. The van der Waals surface area contributed by atoms with Gasteiger partial charge in [-0.3, -0.25) is 0 Å². The van der Waals surface area contributed by atoms with Crippen LogP contribution in [0, 0.1) is 5.92 Å². The molecule has 0 aliphatic heterocycles. The third-order valence-electron chi connectivity index (χ3n) is 2.84. The standard InChI is InChI=1S/C13H20BrN/c1-4-10(2)9-15-11(3)12-5-7-13(14)8-6-12/h5-8,10-11,15H,4,9H2,1-3H3/t10?,11-/m0/s1. The van der Waals surface area contributed by atoms with Gasteiger partial charge < -0.3 is 5.32 Å². The number of hydrogen-bond donors (Lipinski definition) is 1. The average Bonchev–Trinajstić information content (AvgIpc) is 2.26. The predicted molar refractivity (Wildman–Crippen MR) is 70.0 cm³/mol. The Hall–Kier alpha value is -0.340. The highest BCUT2D eigenvalue weighted by Crippen LogP contribution is 2.16. The second-order valence-corrected chi connectivity index (χ2v) is 5.11. The van der Waals surface area contributed by atoms with Crippen molar-refractivity contribution in [3.8, 4) is 0 Å². The highest BCUT2D eigenvalue weighted by Gasteiger charge is 2.05. The first-order valence-corrected chi connectivity index (χ1v) is 6.41. The minimum atomic E-state index is 0.437. The lowest BCUT2D eigenvalue weighted by atomic mass is 10.1. The number of rotatable bonds is 5. The largest absolute Gasteiger partial charge is 0.310 e. The summed E-state index contributed by atoms with van der Waals surface area (Å²) in [7, 11) is 0. The molecule has 1 aromatic rings. The minimum Gasteiger partial charge on any atom is -0.310 e. The van der Waals surface area contributed by atoms with E-state index < -0.39 is 0 Å². The van der Waals surface area contributed by atoms with Crippen LogP contribution in [0.25, 0.3) is 0 Å². The van der Waals surface area contributed by atoms with Gasteiger partial charge in [-0.05, 0) is 37.1 Å². The molecule has 0 saturated carbocycles. The third kappa shape index (κ3) is 4.35. The van der Waals surface area contributed by atoms with Gasteiger partial charge in [-0.25, -0.2) is 0 Å². The molecule has 0 aromatic heterocycles. The number of halogens is 1. The molecule has 1 rings (SSSR count). The van der Waals surface area contributed by atoms with Crippen molar-refractivity contribution in [3.05, 3.63) is 34.3 Å². The van der Waals surface area contributed by atoms with Gasteiger partial charge in [0.15, 0.2) is 0 Å². The van der Waals surface area contributed by atoms with E-state index in [2.05, 4.69) is 66.3 Å². The van der Waals surface area contributed by atoms with Crippen molar-refractivity contribution in [1.82, 2.24) is 5.32 Å². The molecular formula is C13H20BrN. The van der Waals surface area contributed by atoms with E-state index in [0.717, 1.165) is 16.9 Å². The van der Waals surface area contributed by atoms with E-state index in [1.54, 1.807) is 0 Å². The Morgan fingerprint density at radius 2 is 1.80 bits per heavy atom. The fourth-order valence-electron chi connectivity index (χ4n) is 1.39. The van der Waals surface area contributed by atoms with E-state index in [9.17, 15) is 0 Å². The second-order valence-electron chi connectivity index (χ2n) is 4.19. The van der Waals surface area contributed by atoms with E-state index in [1.165, 1.54) is 12.0 Å². The van der Waals surface area contributed by atoms with Gasteiger partial charge in [0.1, 0.15) is 0 Å². The molecule has 1 unspecified atom stereocenters. The molecule has 2 heteroatoms. The molecule has 0 spiro atoms. The van der Waals surface area contributed by atoms with Gasteiger partial charge in [-0.2, -0.15) is 0 Å². The maximum absolute atomic E-state index is 3.55. The second kappa shape index (κ2) is 6.29. The molecule has 1 aromatic carbocycles. The summed E-state index contributed by atoms with van der Waals surface area (Å²) in [5.74, 6) is 0.753. The minimum absolute atomic E-state index is 0.437. The Morgan fingerprint density at radius 1 is 1.20 bits per heavy atom. The first-order valence-electron chi connectivity index (χ1n) is 5.62. The van der Waals surface area contributed by atoms with Crippen LogP contribution in [-0.2, 0) is 0 Å². The van der Waals surface area contributed by atoms with Gasteiger partial charge in [0, 0.05) is 10.5 Å². The lowest BCUT2D eigenvalue weighted by Crippen LogP contribution is -2.24. The van der Waals surface area contributed by atoms with E-state index in [0.29, 0.717) is 6.04 Å². The smallest absolute Gasteiger partial charge is 0.0291 e. The predicted octanol–water partition coefficient (Wildman–Crippen LogP) is 4.15. The maximum Gasteiger partial charge on any atom is 0.0291 e. The van der Waals surface area contributed by atoms with Crippen molar-refractivity contribution < 1.29 is 0 Å². The normalized spacial score (nSPS) is 14.9. The van der Waals surface area contributed by atoms with Crippen molar-refractivity contribution in [2.45, 2.75) is 33.2 Å². The van der Waals surface area contributed by atoms with Gasteiger partial charge in [0.05, 0.1) is 0 Å². The van der Waals surface area contributed by atoms with Crippen molar-refractivity contribution in [3.63, 3.8) is 0 Å². The molecule has 84 valence electrons. The van der Waals surface area contributed by atoms with Gasteiger partial charge >= 0.3 is 0 Å². The van der Waals surface area contributed by atoms with Crippen LogP contribution in [0.3, 0.4) is 0 Å². The summed E-state index contributed by atoms with van der Waals surface area (Å²) < 4.78 is 1.14. The molecule has 0 fully saturated rings. The monoisotopic (exact) mass is 269 g/mol. The molecule has 0 bridgehead atoms. The van der Waals surface area contributed by atoms with Gasteiger partial charge in [0.2, 0.25) is 0 Å². The Labute approximate surface area is 101 Å². The fourth-order valence-corrected chi connectivity index (χ4v) is 1.66. The molecule has 1 N–H and O–H groups in total. The average molecular weight is 270 g/mol. The van der Waals surface area contributed by atoms with E-state index >= 15 is 0 Å². The van der Waals surface area contributed by atoms with Crippen molar-refractivity contribution in [2.75, 3.05) is 6.54 Å². The van der Waals surface area contributed by atoms with Gasteiger partial charge in [-0.15, -0.1) is 0 Å². The topological polar surface area (TPSA) is 12.0 Å². The summed E-state index contributed by atoms with van der Waals surface area (Å²) in [4.78, 5) is 0. The molecule has 0 amide bonds. The number of hydrogen-bond acceptors (Lipinski definition) is 1. The Kier molecular flexibility index (Phi) is 5.34. The van der Waals surface area contributed by atoms with E-state index in [4.69, 9.17) is 0 Å². The van der Waals surface area contributed by atoms with Gasteiger partial charge in [-0.1, -0.05) is 48.3 Å². The third-order valence-corrected chi connectivity index (χ3v) is 3.37. The van der Waals surface area contributed by atoms with Crippen LogP contribution in [-0.4, -0.2) is 6.54 Å². The lowest BCUT2D eigenvalue weighted by Gasteiger charge is -2.17. The first kappa shape index (κ1) is 12.7. The van der Waals surface area contributed by atoms with Crippen LogP contribution in [0.5, 0.6) is 0 Å². The maximum atomic E-state index is 3.55. The van der Waals surface area contributed by atoms with Crippen molar-refractivity contribution in [2.24, 2.45) is 5.92 Å². The van der Waals surface area contributed by atoms with Crippen LogP contribution >= 0.6 is 15.9 Å². The van der Waals surface area contributed by atoms with Crippen molar-refractivity contribution in [1.29, 1.82) is 0 Å². The lowest BCUT2D eigenvalue weighted by molar-refractivity contribution is 0.461. The highest BCUT2D eigenvalue weighted by molar-refractivity contribution is 9.10. The highest BCUT2D eigenvalue weighted by atomic mass is 79.9. The fraction of sp³-hybridized carbons (Fsp3) is 0.538. The molecule has 0 radical (unpaired) electrons. The zero-order chi connectivity index (χ0) is 11.3. The molecule has 0 saturated heterocycles. The van der Waals surface area contributed by atoms with Crippen molar-refractivity contribution >= 4 is 15.9 Å². The zero-order valence-corrected chi connectivity index (χ0v) is 11.3. The summed E-state index contributed by atoms with van der Waals surface area (Å²) in [6.45, 7) is 7.82. The zero-order valence-electron chi connectivity index (χ0n) is 9.76. The van der Waals surface area contributed by atoms with Crippen LogP contribution < -0.4 is 5.32 Å². The molecule has 0 aliphatic rings. The molecular weight excluding hydrogens is 250 g/mol. The van der Waals surface area contributed by atoms with Crippen LogP contribution in [0.4, 0.5) is 0 Å². The van der Waals surface area contributed by atoms with Gasteiger partial charge in [0.25, 0.3) is 0 Å². The quantitative estimate of drug-likeness (QED) is 0.847. The van der Waals surface area contributed by atoms with Crippen LogP contribution in [0.15, 0.2) is 28.7 Å². The van der Waals surface area contributed by atoms with Crippen LogP contribution in [0.1, 0.15) is 38.8 Å².